The highest BCUT2D eigenvalue weighted by molar-refractivity contribution is 6.31. The van der Waals surface area contributed by atoms with Gasteiger partial charge >= 0.3 is 0 Å². The SMILES string of the molecule is C=Nc1cc(Cl)cc(-c2ccc3ncccc3c2)c1/N=C\C. The second-order valence-corrected chi connectivity index (χ2v) is 5.21. The Morgan fingerprint density at radius 1 is 1.18 bits per heavy atom. The topological polar surface area (TPSA) is 37.6 Å². The minimum Gasteiger partial charge on any atom is -0.262 e. The van der Waals surface area contributed by atoms with Gasteiger partial charge in [0.25, 0.3) is 0 Å². The molecule has 3 aromatic rings. The molecule has 3 rings (SSSR count). The molecule has 0 unspecified atom stereocenters. The molecule has 0 atom stereocenters. The van der Waals surface area contributed by atoms with E-state index in [4.69, 9.17) is 11.6 Å². The van der Waals surface area contributed by atoms with E-state index in [9.17, 15) is 0 Å². The number of benzene rings is 2. The van der Waals surface area contributed by atoms with Crippen molar-refractivity contribution in [3.8, 4) is 11.1 Å². The van der Waals surface area contributed by atoms with Gasteiger partial charge in [-0.2, -0.15) is 0 Å². The molecular formula is C18H14ClN3. The normalized spacial score (nSPS) is 11.2. The highest BCUT2D eigenvalue weighted by Gasteiger charge is 2.11. The summed E-state index contributed by atoms with van der Waals surface area (Å²) in [5, 5.41) is 1.68. The molecule has 0 fully saturated rings. The van der Waals surface area contributed by atoms with Gasteiger partial charge in [0.15, 0.2) is 0 Å². The first-order valence-corrected chi connectivity index (χ1v) is 7.25. The minimum atomic E-state index is 0.610. The molecule has 3 nitrogen and oxygen atoms in total. The number of aliphatic imine (C=N–C) groups is 2. The summed E-state index contributed by atoms with van der Waals surface area (Å²) in [6.45, 7) is 5.48. The van der Waals surface area contributed by atoms with Crippen molar-refractivity contribution >= 4 is 46.8 Å². The summed E-state index contributed by atoms with van der Waals surface area (Å²) < 4.78 is 0. The Kier molecular flexibility index (Phi) is 3.98. The standard InChI is InChI=1S/C18H14ClN3/c1-3-21-18-15(10-14(19)11-17(18)20-2)12-6-7-16-13(9-12)5-4-8-22-16/h3-11H,2H2,1H3/b21-3-. The van der Waals surface area contributed by atoms with Crippen LogP contribution in [0.15, 0.2) is 58.6 Å². The fraction of sp³-hybridized carbons (Fsp3) is 0.0556. The largest absolute Gasteiger partial charge is 0.262 e. The Bertz CT molecular complexity index is 885. The van der Waals surface area contributed by atoms with Crippen LogP contribution < -0.4 is 0 Å². The molecule has 22 heavy (non-hydrogen) atoms. The van der Waals surface area contributed by atoms with Gasteiger partial charge < -0.3 is 0 Å². The third-order valence-electron chi connectivity index (χ3n) is 3.40. The van der Waals surface area contributed by atoms with Crippen LogP contribution in [0.25, 0.3) is 22.0 Å². The molecule has 1 aromatic heterocycles. The molecule has 0 aliphatic carbocycles. The number of fused-ring (bicyclic) bond motifs is 1. The Balaban J connectivity index is 2.28. The molecule has 1 heterocycles. The molecule has 0 aliphatic heterocycles. The van der Waals surface area contributed by atoms with Crippen LogP contribution >= 0.6 is 11.6 Å². The maximum atomic E-state index is 6.22. The zero-order valence-electron chi connectivity index (χ0n) is 12.1. The van der Waals surface area contributed by atoms with E-state index in [0.29, 0.717) is 10.7 Å². The van der Waals surface area contributed by atoms with Crippen LogP contribution in [0, 0.1) is 0 Å². The molecule has 0 saturated heterocycles. The fourth-order valence-corrected chi connectivity index (χ4v) is 2.65. The fourth-order valence-electron chi connectivity index (χ4n) is 2.43. The van der Waals surface area contributed by atoms with Crippen molar-refractivity contribution < 1.29 is 0 Å². The first kappa shape index (κ1) is 14.4. The third-order valence-corrected chi connectivity index (χ3v) is 3.62. The van der Waals surface area contributed by atoms with Gasteiger partial charge in [-0.3, -0.25) is 15.0 Å². The monoisotopic (exact) mass is 307 g/mol. The van der Waals surface area contributed by atoms with Gasteiger partial charge in [-0.15, -0.1) is 0 Å². The van der Waals surface area contributed by atoms with E-state index >= 15 is 0 Å². The number of halogens is 1. The lowest BCUT2D eigenvalue weighted by Crippen LogP contribution is -1.84. The summed E-state index contributed by atoms with van der Waals surface area (Å²) in [7, 11) is 0. The molecule has 4 heteroatoms. The van der Waals surface area contributed by atoms with Gasteiger partial charge in [-0.25, -0.2) is 0 Å². The van der Waals surface area contributed by atoms with Crippen LogP contribution in [0.2, 0.25) is 5.02 Å². The van der Waals surface area contributed by atoms with Crippen molar-refractivity contribution in [1.29, 1.82) is 0 Å². The first-order valence-electron chi connectivity index (χ1n) is 6.87. The molecule has 0 bridgehead atoms. The van der Waals surface area contributed by atoms with Crippen molar-refractivity contribution in [2.45, 2.75) is 6.92 Å². The van der Waals surface area contributed by atoms with E-state index in [1.807, 2.05) is 37.3 Å². The van der Waals surface area contributed by atoms with Crippen LogP contribution in [0.3, 0.4) is 0 Å². The predicted molar refractivity (Wildman–Crippen MR) is 95.2 cm³/mol. The van der Waals surface area contributed by atoms with Crippen LogP contribution in [-0.4, -0.2) is 17.9 Å². The zero-order valence-corrected chi connectivity index (χ0v) is 12.9. The van der Waals surface area contributed by atoms with Crippen LogP contribution in [0.1, 0.15) is 6.92 Å². The molecule has 0 N–H and O–H groups in total. The average molecular weight is 308 g/mol. The van der Waals surface area contributed by atoms with Crippen molar-refractivity contribution in [2.75, 3.05) is 0 Å². The van der Waals surface area contributed by atoms with Gasteiger partial charge in [0, 0.05) is 28.4 Å². The molecule has 0 radical (unpaired) electrons. The Labute approximate surface area is 134 Å². The van der Waals surface area contributed by atoms with Crippen LogP contribution in [0.5, 0.6) is 0 Å². The van der Waals surface area contributed by atoms with Crippen LogP contribution in [0.4, 0.5) is 11.4 Å². The summed E-state index contributed by atoms with van der Waals surface area (Å²) in [6, 6.07) is 13.7. The van der Waals surface area contributed by atoms with Gasteiger partial charge in [-0.1, -0.05) is 23.7 Å². The van der Waals surface area contributed by atoms with E-state index in [1.54, 1.807) is 18.5 Å². The molecule has 0 spiro atoms. The molecule has 0 saturated carbocycles. The lowest BCUT2D eigenvalue weighted by Gasteiger charge is -2.10. The van der Waals surface area contributed by atoms with Gasteiger partial charge in [0.1, 0.15) is 0 Å². The summed E-state index contributed by atoms with van der Waals surface area (Å²) in [5.41, 5.74) is 4.35. The lowest BCUT2D eigenvalue weighted by atomic mass is 10.0. The van der Waals surface area contributed by atoms with E-state index < -0.39 is 0 Å². The Hall–Kier alpha value is -2.52. The summed E-state index contributed by atoms with van der Waals surface area (Å²) in [4.78, 5) is 12.8. The quantitative estimate of drug-likeness (QED) is 0.579. The highest BCUT2D eigenvalue weighted by Crippen LogP contribution is 2.41. The maximum Gasteiger partial charge on any atom is 0.0961 e. The second kappa shape index (κ2) is 6.08. The Morgan fingerprint density at radius 2 is 2.05 bits per heavy atom. The number of hydrogen-bond acceptors (Lipinski definition) is 3. The summed E-state index contributed by atoms with van der Waals surface area (Å²) in [5.74, 6) is 0. The van der Waals surface area contributed by atoms with Crippen molar-refractivity contribution in [3.05, 3.63) is 53.7 Å². The van der Waals surface area contributed by atoms with Crippen molar-refractivity contribution in [2.24, 2.45) is 9.98 Å². The minimum absolute atomic E-state index is 0.610. The van der Waals surface area contributed by atoms with Gasteiger partial charge in [-0.05, 0) is 49.5 Å². The van der Waals surface area contributed by atoms with E-state index in [-0.39, 0.29) is 0 Å². The summed E-state index contributed by atoms with van der Waals surface area (Å²) in [6.07, 6.45) is 3.53. The third kappa shape index (κ3) is 2.63. The Morgan fingerprint density at radius 3 is 2.82 bits per heavy atom. The number of pyridine rings is 1. The number of aromatic nitrogens is 1. The number of hydrogen-bond donors (Lipinski definition) is 0. The molecule has 0 aliphatic rings. The summed E-state index contributed by atoms with van der Waals surface area (Å²) >= 11 is 6.22. The first-order chi connectivity index (χ1) is 10.7. The molecule has 2 aromatic carbocycles. The molecule has 108 valence electrons. The number of nitrogens with zero attached hydrogens (tertiary/aromatic N) is 3. The smallest absolute Gasteiger partial charge is 0.0961 e. The van der Waals surface area contributed by atoms with E-state index in [0.717, 1.165) is 27.7 Å². The maximum absolute atomic E-state index is 6.22. The van der Waals surface area contributed by atoms with E-state index in [2.05, 4.69) is 27.8 Å². The average Bonchev–Trinajstić information content (AvgIpc) is 2.55. The van der Waals surface area contributed by atoms with Gasteiger partial charge in [0.2, 0.25) is 0 Å². The van der Waals surface area contributed by atoms with Crippen molar-refractivity contribution in [3.63, 3.8) is 0 Å². The number of rotatable bonds is 3. The van der Waals surface area contributed by atoms with Crippen molar-refractivity contribution in [1.82, 2.24) is 4.98 Å². The second-order valence-electron chi connectivity index (χ2n) is 4.78. The van der Waals surface area contributed by atoms with Gasteiger partial charge in [0.05, 0.1) is 16.9 Å². The highest BCUT2D eigenvalue weighted by atomic mass is 35.5. The molecule has 0 amide bonds. The molecular weight excluding hydrogens is 294 g/mol. The van der Waals surface area contributed by atoms with Crippen LogP contribution in [-0.2, 0) is 0 Å². The van der Waals surface area contributed by atoms with E-state index in [1.165, 1.54) is 0 Å². The zero-order chi connectivity index (χ0) is 15.5. The predicted octanol–water partition coefficient (Wildman–Crippen LogP) is 5.61. The lowest BCUT2D eigenvalue weighted by molar-refractivity contribution is 1.41.